The van der Waals surface area contributed by atoms with E-state index >= 15 is 0 Å². The Hall–Kier alpha value is -2.63. The Labute approximate surface area is 183 Å². The molecule has 0 fully saturated rings. The molecule has 0 spiro atoms. The van der Waals surface area contributed by atoms with Crippen LogP contribution in [0.5, 0.6) is 6.01 Å². The lowest BCUT2D eigenvalue weighted by Crippen LogP contribution is -2.24. The summed E-state index contributed by atoms with van der Waals surface area (Å²) in [6.45, 7) is 7.53. The van der Waals surface area contributed by atoms with Crippen molar-refractivity contribution >= 4 is 39.3 Å². The van der Waals surface area contributed by atoms with Gasteiger partial charge in [-0.3, -0.25) is 14.6 Å². The molecule has 0 aliphatic rings. The molecule has 3 aromatic rings. The molecule has 30 heavy (non-hydrogen) atoms. The van der Waals surface area contributed by atoms with Gasteiger partial charge in [0.1, 0.15) is 27.4 Å². The van der Waals surface area contributed by atoms with E-state index in [4.69, 9.17) is 9.47 Å². The van der Waals surface area contributed by atoms with E-state index < -0.39 is 0 Å². The minimum Gasteiger partial charge on any atom is -0.458 e. The minimum atomic E-state index is -0.111. The van der Waals surface area contributed by atoms with Crippen molar-refractivity contribution in [3.63, 3.8) is 0 Å². The number of aromatic amines is 1. The van der Waals surface area contributed by atoms with Crippen molar-refractivity contribution < 1.29 is 14.3 Å². The summed E-state index contributed by atoms with van der Waals surface area (Å²) < 4.78 is 13.5. The van der Waals surface area contributed by atoms with Gasteiger partial charge in [-0.15, -0.1) is 0 Å². The molecule has 11 heteroatoms. The number of rotatable bonds is 9. The van der Waals surface area contributed by atoms with Crippen LogP contribution in [0.25, 0.3) is 17.1 Å². The molecular weight excluding hydrogens is 454 g/mol. The standard InChI is InChI=1S/C12H18BrN5O2.C7H8N2O/c1-8(7-19-5-4-18(2)3)20-12-14-6-9-10(15-12)11(13)17-16-9;1-3-6-4-9(2)8-7(6)5-10/h6,8H,4-5,7H2,1-3H3,(H,16,17);3-5H,1H2,2H3/t8-;/m1./s1. The van der Waals surface area contributed by atoms with Gasteiger partial charge in [0.25, 0.3) is 0 Å². The second kappa shape index (κ2) is 11.5. The lowest BCUT2D eigenvalue weighted by atomic mass is 10.3. The maximum absolute atomic E-state index is 10.3. The van der Waals surface area contributed by atoms with Crippen molar-refractivity contribution in [3.05, 3.63) is 34.8 Å². The molecular formula is C19H26BrN7O3. The fourth-order valence-corrected chi connectivity index (χ4v) is 2.69. The predicted octanol–water partition coefficient (Wildman–Crippen LogP) is 2.34. The number of nitrogens with one attached hydrogen (secondary N) is 1. The average molecular weight is 480 g/mol. The second-order valence-corrected chi connectivity index (χ2v) is 7.49. The maximum atomic E-state index is 10.3. The van der Waals surface area contributed by atoms with Crippen LogP contribution in [0.4, 0.5) is 0 Å². The van der Waals surface area contributed by atoms with Crippen molar-refractivity contribution in [2.45, 2.75) is 13.0 Å². The van der Waals surface area contributed by atoms with Crippen LogP contribution < -0.4 is 4.74 Å². The van der Waals surface area contributed by atoms with Gasteiger partial charge in [0.15, 0.2) is 6.29 Å². The quantitative estimate of drug-likeness (QED) is 0.367. The summed E-state index contributed by atoms with van der Waals surface area (Å²) in [5, 5.41) is 10.7. The third-order valence-electron chi connectivity index (χ3n) is 3.79. The largest absolute Gasteiger partial charge is 0.458 e. The minimum absolute atomic E-state index is 0.111. The molecule has 3 rings (SSSR count). The molecule has 0 radical (unpaired) electrons. The number of hydrogen-bond donors (Lipinski definition) is 1. The van der Waals surface area contributed by atoms with Crippen molar-refractivity contribution in [2.75, 3.05) is 33.9 Å². The van der Waals surface area contributed by atoms with Crippen LogP contribution in [-0.2, 0) is 11.8 Å². The summed E-state index contributed by atoms with van der Waals surface area (Å²) in [6.07, 6.45) is 5.59. The van der Waals surface area contributed by atoms with Gasteiger partial charge in [-0.2, -0.15) is 15.2 Å². The Morgan fingerprint density at radius 3 is 2.83 bits per heavy atom. The van der Waals surface area contributed by atoms with Crippen molar-refractivity contribution in [2.24, 2.45) is 7.05 Å². The molecule has 0 aliphatic carbocycles. The summed E-state index contributed by atoms with van der Waals surface area (Å²) in [7, 11) is 5.78. The van der Waals surface area contributed by atoms with Crippen molar-refractivity contribution in [3.8, 4) is 6.01 Å². The highest BCUT2D eigenvalue weighted by Crippen LogP contribution is 2.19. The first-order valence-corrected chi connectivity index (χ1v) is 10.00. The van der Waals surface area contributed by atoms with E-state index in [1.807, 2.05) is 21.0 Å². The summed E-state index contributed by atoms with van der Waals surface area (Å²) in [5.74, 6) is 0. The molecule has 3 aromatic heterocycles. The van der Waals surface area contributed by atoms with Gasteiger partial charge in [0, 0.05) is 25.4 Å². The van der Waals surface area contributed by atoms with E-state index in [9.17, 15) is 4.79 Å². The normalized spacial score (nSPS) is 11.8. The molecule has 0 saturated carbocycles. The number of carbonyl (C=O) groups is 1. The smallest absolute Gasteiger partial charge is 0.317 e. The monoisotopic (exact) mass is 479 g/mol. The highest BCUT2D eigenvalue weighted by atomic mass is 79.9. The van der Waals surface area contributed by atoms with Crippen molar-refractivity contribution in [1.29, 1.82) is 0 Å². The first kappa shape index (κ1) is 23.6. The van der Waals surface area contributed by atoms with Gasteiger partial charge in [0.2, 0.25) is 0 Å². The first-order chi connectivity index (χ1) is 14.3. The molecule has 10 nitrogen and oxygen atoms in total. The molecule has 0 aliphatic heterocycles. The highest BCUT2D eigenvalue weighted by Gasteiger charge is 2.10. The van der Waals surface area contributed by atoms with Crippen LogP contribution in [0.1, 0.15) is 23.0 Å². The molecule has 0 amide bonds. The SMILES string of the molecule is C=Cc1cn(C)nc1C=O.C[C@H](COCCN(C)C)Oc1ncc2n[nH]c(Br)c2n1. The molecule has 0 bridgehead atoms. The van der Waals surface area contributed by atoms with E-state index in [0.717, 1.165) is 23.0 Å². The van der Waals surface area contributed by atoms with Crippen LogP contribution in [0, 0.1) is 0 Å². The average Bonchev–Trinajstić information content (AvgIpc) is 3.27. The summed E-state index contributed by atoms with van der Waals surface area (Å²) >= 11 is 3.34. The van der Waals surface area contributed by atoms with Crippen LogP contribution in [0.15, 0.2) is 23.6 Å². The predicted molar refractivity (Wildman–Crippen MR) is 118 cm³/mol. The Balaban J connectivity index is 0.000000269. The van der Waals surface area contributed by atoms with E-state index in [2.05, 4.69) is 52.7 Å². The van der Waals surface area contributed by atoms with Gasteiger partial charge in [-0.1, -0.05) is 12.7 Å². The lowest BCUT2D eigenvalue weighted by molar-refractivity contribution is 0.0476. The van der Waals surface area contributed by atoms with Crippen LogP contribution in [0.2, 0.25) is 0 Å². The maximum Gasteiger partial charge on any atom is 0.317 e. The number of aromatic nitrogens is 6. The number of carbonyl (C=O) groups excluding carboxylic acids is 1. The third kappa shape index (κ3) is 7.01. The fourth-order valence-electron chi connectivity index (χ4n) is 2.30. The van der Waals surface area contributed by atoms with Gasteiger partial charge in [-0.25, -0.2) is 4.98 Å². The van der Waals surface area contributed by atoms with Gasteiger partial charge >= 0.3 is 6.01 Å². The van der Waals surface area contributed by atoms with Gasteiger partial charge in [-0.05, 0) is 36.9 Å². The van der Waals surface area contributed by atoms with Crippen LogP contribution in [0.3, 0.4) is 0 Å². The zero-order valence-corrected chi connectivity index (χ0v) is 19.1. The molecule has 0 aromatic carbocycles. The zero-order valence-electron chi connectivity index (χ0n) is 17.5. The van der Waals surface area contributed by atoms with Crippen LogP contribution >= 0.6 is 15.9 Å². The number of hydrogen-bond acceptors (Lipinski definition) is 8. The molecule has 0 unspecified atom stereocenters. The van der Waals surface area contributed by atoms with Gasteiger partial charge < -0.3 is 14.4 Å². The Kier molecular flexibility index (Phi) is 9.09. The van der Waals surface area contributed by atoms with E-state index in [-0.39, 0.29) is 6.10 Å². The highest BCUT2D eigenvalue weighted by molar-refractivity contribution is 9.10. The first-order valence-electron chi connectivity index (χ1n) is 9.21. The number of fused-ring (bicyclic) bond motifs is 1. The Morgan fingerprint density at radius 2 is 2.20 bits per heavy atom. The molecule has 3 heterocycles. The Bertz CT molecular complexity index is 945. The van der Waals surface area contributed by atoms with Gasteiger partial charge in [0.05, 0.1) is 19.4 Å². The summed E-state index contributed by atoms with van der Waals surface area (Å²) in [4.78, 5) is 20.8. The number of aryl methyl sites for hydroxylation is 1. The fraction of sp³-hybridized carbons (Fsp3) is 0.421. The third-order valence-corrected chi connectivity index (χ3v) is 4.34. The number of H-pyrrole nitrogens is 1. The Morgan fingerprint density at radius 1 is 1.43 bits per heavy atom. The second-order valence-electron chi connectivity index (χ2n) is 6.70. The molecule has 162 valence electrons. The molecule has 0 saturated heterocycles. The zero-order chi connectivity index (χ0) is 22.1. The summed E-state index contributed by atoms with van der Waals surface area (Å²) in [6, 6.07) is 0.323. The number of ether oxygens (including phenoxy) is 2. The molecule has 1 atom stereocenters. The number of nitrogens with zero attached hydrogens (tertiary/aromatic N) is 6. The molecule has 1 N–H and O–H groups in total. The number of likely N-dealkylation sites (N-methyl/N-ethyl adjacent to an activating group) is 1. The van der Waals surface area contributed by atoms with E-state index in [0.29, 0.717) is 36.0 Å². The van der Waals surface area contributed by atoms with E-state index in [1.54, 1.807) is 30.2 Å². The van der Waals surface area contributed by atoms with Crippen molar-refractivity contribution in [1.82, 2.24) is 34.8 Å². The summed E-state index contributed by atoms with van der Waals surface area (Å²) in [5.41, 5.74) is 2.62. The lowest BCUT2D eigenvalue weighted by Gasteiger charge is -2.14. The van der Waals surface area contributed by atoms with E-state index in [1.165, 1.54) is 0 Å². The number of aldehydes is 1. The van der Waals surface area contributed by atoms with Crippen LogP contribution in [-0.4, -0.2) is 81.1 Å². The number of halogens is 1. The topological polar surface area (TPSA) is 111 Å².